The van der Waals surface area contributed by atoms with Crippen LogP contribution in [0.2, 0.25) is 5.02 Å². The van der Waals surface area contributed by atoms with Gasteiger partial charge in [0.25, 0.3) is 5.91 Å². The first kappa shape index (κ1) is 14.2. The quantitative estimate of drug-likeness (QED) is 0.846. The Morgan fingerprint density at radius 2 is 2.00 bits per heavy atom. The molecule has 0 heterocycles. The van der Waals surface area contributed by atoms with Gasteiger partial charge in [-0.05, 0) is 31.2 Å². The number of nitrogen functional groups attached to an aromatic ring is 1. The molecule has 2 aromatic carbocycles. The van der Waals surface area contributed by atoms with Crippen LogP contribution in [0.3, 0.4) is 0 Å². The van der Waals surface area contributed by atoms with Gasteiger partial charge in [0, 0.05) is 5.69 Å². The van der Waals surface area contributed by atoms with E-state index in [4.69, 9.17) is 22.1 Å². The fourth-order valence-corrected chi connectivity index (χ4v) is 2.08. The number of carbonyl (C=O) groups is 1. The van der Waals surface area contributed by atoms with Crippen LogP contribution in [-0.4, -0.2) is 12.5 Å². The van der Waals surface area contributed by atoms with Crippen molar-refractivity contribution in [3.8, 4) is 5.75 Å². The molecule has 0 aliphatic heterocycles. The zero-order chi connectivity index (χ0) is 14.5. The molecule has 0 spiro atoms. The first-order valence-corrected chi connectivity index (χ1v) is 6.58. The van der Waals surface area contributed by atoms with Crippen LogP contribution in [-0.2, 0) is 0 Å². The van der Waals surface area contributed by atoms with Crippen LogP contribution >= 0.6 is 11.6 Å². The average Bonchev–Trinajstić information content (AvgIpc) is 2.41. The van der Waals surface area contributed by atoms with Gasteiger partial charge in [0.15, 0.2) is 0 Å². The van der Waals surface area contributed by atoms with Crippen molar-refractivity contribution < 1.29 is 9.53 Å². The maximum absolute atomic E-state index is 12.3. The molecular weight excluding hydrogens is 276 g/mol. The average molecular weight is 291 g/mol. The number of nitrogens with two attached hydrogens (primary N) is 1. The smallest absolute Gasteiger partial charge is 0.259 e. The maximum Gasteiger partial charge on any atom is 0.259 e. The molecule has 5 heteroatoms. The van der Waals surface area contributed by atoms with Crippen molar-refractivity contribution in [2.45, 2.75) is 6.92 Å². The normalized spacial score (nSPS) is 10.1. The van der Waals surface area contributed by atoms with E-state index in [9.17, 15) is 4.79 Å². The molecule has 0 saturated heterocycles. The Morgan fingerprint density at radius 1 is 1.25 bits per heavy atom. The first-order valence-electron chi connectivity index (χ1n) is 6.20. The standard InChI is InChI=1S/C15H15ClN2O2/c1-2-20-13-9-4-3-8-12(13)18-15(19)14-10(16)6-5-7-11(14)17/h3-9H,2,17H2,1H3,(H,18,19). The maximum atomic E-state index is 12.3. The van der Waals surface area contributed by atoms with Gasteiger partial charge >= 0.3 is 0 Å². The zero-order valence-electron chi connectivity index (χ0n) is 11.0. The molecule has 0 unspecified atom stereocenters. The Bertz CT molecular complexity index is 609. The Balaban J connectivity index is 2.28. The summed E-state index contributed by atoms with van der Waals surface area (Å²) in [5.74, 6) is 0.245. The summed E-state index contributed by atoms with van der Waals surface area (Å²) in [6.45, 7) is 2.39. The van der Waals surface area contributed by atoms with Crippen molar-refractivity contribution in [1.82, 2.24) is 0 Å². The van der Waals surface area contributed by atoms with Gasteiger partial charge in [-0.3, -0.25) is 4.79 Å². The van der Waals surface area contributed by atoms with Crippen LogP contribution in [0.25, 0.3) is 0 Å². The lowest BCUT2D eigenvalue weighted by atomic mass is 10.1. The van der Waals surface area contributed by atoms with E-state index in [0.717, 1.165) is 0 Å². The Hall–Kier alpha value is -2.20. The predicted octanol–water partition coefficient (Wildman–Crippen LogP) is 3.57. The van der Waals surface area contributed by atoms with Gasteiger partial charge in [-0.1, -0.05) is 29.8 Å². The van der Waals surface area contributed by atoms with Crippen LogP contribution in [0, 0.1) is 0 Å². The molecule has 2 aromatic rings. The monoisotopic (exact) mass is 290 g/mol. The fraction of sp³-hybridized carbons (Fsp3) is 0.133. The van der Waals surface area contributed by atoms with Gasteiger partial charge in [-0.2, -0.15) is 0 Å². The van der Waals surface area contributed by atoms with Crippen molar-refractivity contribution in [3.05, 3.63) is 53.1 Å². The highest BCUT2D eigenvalue weighted by Crippen LogP contribution is 2.27. The van der Waals surface area contributed by atoms with Gasteiger partial charge in [0.05, 0.1) is 22.9 Å². The molecule has 0 bridgehead atoms. The highest BCUT2D eigenvalue weighted by molar-refractivity contribution is 6.35. The largest absolute Gasteiger partial charge is 0.492 e. The minimum absolute atomic E-state index is 0.264. The molecule has 3 N–H and O–H groups in total. The predicted molar refractivity (Wildman–Crippen MR) is 81.4 cm³/mol. The van der Waals surface area contributed by atoms with Crippen molar-refractivity contribution >= 4 is 28.9 Å². The lowest BCUT2D eigenvalue weighted by Crippen LogP contribution is -2.15. The Kier molecular flexibility index (Phi) is 4.48. The van der Waals surface area contributed by atoms with Crippen LogP contribution in [0.1, 0.15) is 17.3 Å². The van der Waals surface area contributed by atoms with E-state index in [1.165, 1.54) is 0 Å². The topological polar surface area (TPSA) is 64.3 Å². The number of halogens is 1. The second-order valence-electron chi connectivity index (χ2n) is 4.09. The highest BCUT2D eigenvalue weighted by Gasteiger charge is 2.15. The van der Waals surface area contributed by atoms with Gasteiger partial charge in [-0.15, -0.1) is 0 Å². The SMILES string of the molecule is CCOc1ccccc1NC(=O)c1c(N)cccc1Cl. The van der Waals surface area contributed by atoms with E-state index >= 15 is 0 Å². The molecule has 4 nitrogen and oxygen atoms in total. The zero-order valence-corrected chi connectivity index (χ0v) is 11.8. The molecule has 0 saturated carbocycles. The number of hydrogen-bond acceptors (Lipinski definition) is 3. The summed E-state index contributed by atoms with van der Waals surface area (Å²) in [6.07, 6.45) is 0. The molecule has 2 rings (SSSR count). The third kappa shape index (κ3) is 3.03. The van der Waals surface area contributed by atoms with E-state index in [2.05, 4.69) is 5.32 Å². The molecule has 0 aliphatic rings. The van der Waals surface area contributed by atoms with Gasteiger partial charge < -0.3 is 15.8 Å². The fourth-order valence-electron chi connectivity index (χ4n) is 1.82. The lowest BCUT2D eigenvalue weighted by molar-refractivity contribution is 0.102. The highest BCUT2D eigenvalue weighted by atomic mass is 35.5. The molecule has 20 heavy (non-hydrogen) atoms. The second kappa shape index (κ2) is 6.30. The van der Waals surface area contributed by atoms with Crippen LogP contribution in [0.4, 0.5) is 11.4 Å². The number of anilines is 2. The molecule has 0 aromatic heterocycles. The van der Waals surface area contributed by atoms with E-state index in [0.29, 0.717) is 28.8 Å². The summed E-state index contributed by atoms with van der Waals surface area (Å²) in [5.41, 5.74) is 6.98. The number of ether oxygens (including phenoxy) is 1. The van der Waals surface area contributed by atoms with Crippen molar-refractivity contribution in [2.75, 3.05) is 17.7 Å². The third-order valence-electron chi connectivity index (χ3n) is 2.71. The number of para-hydroxylation sites is 2. The minimum atomic E-state index is -0.361. The lowest BCUT2D eigenvalue weighted by Gasteiger charge is -2.12. The Morgan fingerprint density at radius 3 is 2.70 bits per heavy atom. The van der Waals surface area contributed by atoms with Crippen LogP contribution < -0.4 is 15.8 Å². The van der Waals surface area contributed by atoms with Gasteiger partial charge in [-0.25, -0.2) is 0 Å². The summed E-state index contributed by atoms with van der Waals surface area (Å²) in [6, 6.07) is 12.2. The number of rotatable bonds is 4. The van der Waals surface area contributed by atoms with E-state index in [1.54, 1.807) is 30.3 Å². The van der Waals surface area contributed by atoms with Crippen LogP contribution in [0.15, 0.2) is 42.5 Å². The first-order chi connectivity index (χ1) is 9.63. The van der Waals surface area contributed by atoms with Crippen molar-refractivity contribution in [2.24, 2.45) is 0 Å². The summed E-state index contributed by atoms with van der Waals surface area (Å²) in [5, 5.41) is 3.08. The minimum Gasteiger partial charge on any atom is -0.492 e. The molecular formula is C15H15ClN2O2. The second-order valence-corrected chi connectivity index (χ2v) is 4.49. The molecule has 0 radical (unpaired) electrons. The Labute approximate surface area is 122 Å². The van der Waals surface area contributed by atoms with E-state index < -0.39 is 0 Å². The number of benzene rings is 2. The summed E-state index contributed by atoms with van der Waals surface area (Å²) >= 11 is 6.02. The molecule has 0 atom stereocenters. The molecule has 0 aliphatic carbocycles. The molecule has 1 amide bonds. The van der Waals surface area contributed by atoms with Crippen molar-refractivity contribution in [1.29, 1.82) is 0 Å². The number of amides is 1. The molecule has 0 fully saturated rings. The summed E-state index contributed by atoms with van der Waals surface area (Å²) in [4.78, 5) is 12.3. The number of nitrogens with one attached hydrogen (secondary N) is 1. The van der Waals surface area contributed by atoms with Crippen LogP contribution in [0.5, 0.6) is 5.75 Å². The van der Waals surface area contributed by atoms with Crippen molar-refractivity contribution in [3.63, 3.8) is 0 Å². The number of carbonyl (C=O) groups excluding carboxylic acids is 1. The summed E-state index contributed by atoms with van der Waals surface area (Å²) in [7, 11) is 0. The van der Waals surface area contributed by atoms with E-state index in [-0.39, 0.29) is 11.5 Å². The molecule has 104 valence electrons. The van der Waals surface area contributed by atoms with E-state index in [1.807, 2.05) is 19.1 Å². The van der Waals surface area contributed by atoms with Gasteiger partial charge in [0.2, 0.25) is 0 Å². The summed E-state index contributed by atoms with van der Waals surface area (Å²) < 4.78 is 5.46. The van der Waals surface area contributed by atoms with Gasteiger partial charge in [0.1, 0.15) is 5.75 Å². The number of hydrogen-bond donors (Lipinski definition) is 2. The third-order valence-corrected chi connectivity index (χ3v) is 3.02.